The summed E-state index contributed by atoms with van der Waals surface area (Å²) in [5, 5.41) is 9.97. The van der Waals surface area contributed by atoms with Crippen LogP contribution < -0.4 is 16.0 Å². The van der Waals surface area contributed by atoms with E-state index < -0.39 is 6.03 Å². The van der Waals surface area contributed by atoms with Crippen LogP contribution in [-0.2, 0) is 11.3 Å². The van der Waals surface area contributed by atoms with Crippen LogP contribution >= 0.6 is 11.3 Å². The van der Waals surface area contributed by atoms with Crippen molar-refractivity contribution in [1.29, 1.82) is 0 Å². The third kappa shape index (κ3) is 5.31. The summed E-state index contributed by atoms with van der Waals surface area (Å²) >= 11 is 1.56. The van der Waals surface area contributed by atoms with Crippen LogP contribution in [0.3, 0.4) is 0 Å². The standard InChI is InChI=1S/C16H19N3O2S/c1-12(13-6-3-2-4-7-13)17-11-15(20)19-16(21)18-10-14-8-5-9-22-14/h2-9,12,17H,10-11H2,1H3,(H2,18,19,20,21)/t12-/m0/s1. The molecule has 0 spiro atoms. The Morgan fingerprint density at radius 1 is 1.14 bits per heavy atom. The van der Waals surface area contributed by atoms with Crippen molar-refractivity contribution in [2.24, 2.45) is 0 Å². The Hall–Kier alpha value is -2.18. The quantitative estimate of drug-likeness (QED) is 0.766. The summed E-state index contributed by atoms with van der Waals surface area (Å²) in [6.07, 6.45) is 0. The van der Waals surface area contributed by atoms with Crippen LogP contribution in [0.4, 0.5) is 4.79 Å². The SMILES string of the molecule is C[C@H](NCC(=O)NC(=O)NCc1cccs1)c1ccccc1. The van der Waals surface area contributed by atoms with E-state index >= 15 is 0 Å². The summed E-state index contributed by atoms with van der Waals surface area (Å²) in [7, 11) is 0. The molecule has 0 saturated carbocycles. The smallest absolute Gasteiger partial charge is 0.321 e. The van der Waals surface area contributed by atoms with Gasteiger partial charge in [0.15, 0.2) is 0 Å². The number of hydrogen-bond acceptors (Lipinski definition) is 4. The van der Waals surface area contributed by atoms with Gasteiger partial charge in [-0.15, -0.1) is 11.3 Å². The highest BCUT2D eigenvalue weighted by molar-refractivity contribution is 7.09. The summed E-state index contributed by atoms with van der Waals surface area (Å²) < 4.78 is 0. The molecular weight excluding hydrogens is 298 g/mol. The predicted octanol–water partition coefficient (Wildman–Crippen LogP) is 2.42. The van der Waals surface area contributed by atoms with Crippen molar-refractivity contribution in [2.45, 2.75) is 19.5 Å². The van der Waals surface area contributed by atoms with E-state index in [2.05, 4.69) is 16.0 Å². The lowest BCUT2D eigenvalue weighted by molar-refractivity contribution is -0.119. The van der Waals surface area contributed by atoms with E-state index in [0.29, 0.717) is 6.54 Å². The number of urea groups is 1. The van der Waals surface area contributed by atoms with Crippen molar-refractivity contribution < 1.29 is 9.59 Å². The normalized spacial score (nSPS) is 11.7. The number of amides is 3. The lowest BCUT2D eigenvalue weighted by Gasteiger charge is -2.13. The number of imide groups is 1. The zero-order valence-electron chi connectivity index (χ0n) is 12.3. The Labute approximate surface area is 133 Å². The van der Waals surface area contributed by atoms with E-state index in [-0.39, 0.29) is 18.5 Å². The summed E-state index contributed by atoms with van der Waals surface area (Å²) in [6, 6.07) is 13.2. The van der Waals surface area contributed by atoms with Gasteiger partial charge in [-0.2, -0.15) is 0 Å². The topological polar surface area (TPSA) is 70.2 Å². The molecule has 3 amide bonds. The fourth-order valence-electron chi connectivity index (χ4n) is 1.90. The molecule has 1 atom stereocenters. The largest absolute Gasteiger partial charge is 0.333 e. The molecule has 22 heavy (non-hydrogen) atoms. The first kappa shape index (κ1) is 16.2. The fraction of sp³-hybridized carbons (Fsp3) is 0.250. The third-order valence-electron chi connectivity index (χ3n) is 3.12. The molecule has 2 aromatic rings. The lowest BCUT2D eigenvalue weighted by Crippen LogP contribution is -2.43. The maximum absolute atomic E-state index is 11.7. The van der Waals surface area contributed by atoms with E-state index in [1.54, 1.807) is 11.3 Å². The summed E-state index contributed by atoms with van der Waals surface area (Å²) in [5.41, 5.74) is 1.09. The molecule has 3 N–H and O–H groups in total. The highest BCUT2D eigenvalue weighted by atomic mass is 32.1. The molecule has 0 fully saturated rings. The molecule has 0 unspecified atom stereocenters. The molecule has 6 heteroatoms. The van der Waals surface area contributed by atoms with Gasteiger partial charge in [-0.1, -0.05) is 36.4 Å². The molecule has 116 valence electrons. The summed E-state index contributed by atoms with van der Waals surface area (Å²) in [6.45, 7) is 2.48. The van der Waals surface area contributed by atoms with E-state index in [4.69, 9.17) is 0 Å². The van der Waals surface area contributed by atoms with Crippen molar-refractivity contribution in [3.63, 3.8) is 0 Å². The van der Waals surface area contributed by atoms with Crippen LogP contribution in [0.2, 0.25) is 0 Å². The zero-order chi connectivity index (χ0) is 15.8. The van der Waals surface area contributed by atoms with Gasteiger partial charge >= 0.3 is 6.03 Å². The molecule has 0 aliphatic carbocycles. The van der Waals surface area contributed by atoms with Crippen LogP contribution in [-0.4, -0.2) is 18.5 Å². The van der Waals surface area contributed by atoms with Gasteiger partial charge in [0.2, 0.25) is 5.91 Å². The average Bonchev–Trinajstić information content (AvgIpc) is 3.05. The molecular formula is C16H19N3O2S. The number of benzene rings is 1. The molecule has 2 rings (SSSR count). The number of carbonyl (C=O) groups excluding carboxylic acids is 2. The van der Waals surface area contributed by atoms with Gasteiger partial charge in [0, 0.05) is 10.9 Å². The van der Waals surface area contributed by atoms with E-state index in [1.807, 2.05) is 54.8 Å². The Bertz CT molecular complexity index is 599. The number of hydrogen-bond donors (Lipinski definition) is 3. The van der Waals surface area contributed by atoms with Gasteiger partial charge in [-0.05, 0) is 23.9 Å². The minimum absolute atomic E-state index is 0.0427. The lowest BCUT2D eigenvalue weighted by atomic mass is 10.1. The van der Waals surface area contributed by atoms with E-state index in [9.17, 15) is 9.59 Å². The van der Waals surface area contributed by atoms with Gasteiger partial charge in [-0.3, -0.25) is 10.1 Å². The second kappa shape index (κ2) is 8.31. The highest BCUT2D eigenvalue weighted by Crippen LogP contribution is 2.10. The highest BCUT2D eigenvalue weighted by Gasteiger charge is 2.10. The maximum Gasteiger partial charge on any atom is 0.321 e. The summed E-state index contributed by atoms with van der Waals surface area (Å²) in [4.78, 5) is 24.4. The number of nitrogens with one attached hydrogen (secondary N) is 3. The zero-order valence-corrected chi connectivity index (χ0v) is 13.2. The van der Waals surface area contributed by atoms with Crippen molar-refractivity contribution >= 4 is 23.3 Å². The first-order valence-electron chi connectivity index (χ1n) is 7.03. The van der Waals surface area contributed by atoms with Gasteiger partial charge < -0.3 is 10.6 Å². The van der Waals surface area contributed by atoms with Gasteiger partial charge in [-0.25, -0.2) is 4.79 Å². The molecule has 0 aliphatic heterocycles. The minimum Gasteiger partial charge on any atom is -0.333 e. The van der Waals surface area contributed by atoms with Gasteiger partial charge in [0.05, 0.1) is 13.1 Å². The number of thiophene rings is 1. The Kier molecular flexibility index (Phi) is 6.12. The van der Waals surface area contributed by atoms with Crippen LogP contribution in [0.1, 0.15) is 23.4 Å². The first-order valence-corrected chi connectivity index (χ1v) is 7.91. The van der Waals surface area contributed by atoms with Crippen LogP contribution in [0.25, 0.3) is 0 Å². The van der Waals surface area contributed by atoms with Crippen LogP contribution in [0.15, 0.2) is 47.8 Å². The molecule has 0 bridgehead atoms. The molecule has 0 saturated heterocycles. The van der Waals surface area contributed by atoms with Crippen LogP contribution in [0.5, 0.6) is 0 Å². The fourth-order valence-corrected chi connectivity index (χ4v) is 2.55. The number of carbonyl (C=O) groups is 2. The average molecular weight is 317 g/mol. The monoisotopic (exact) mass is 317 g/mol. The Balaban J connectivity index is 1.68. The second-order valence-corrected chi connectivity index (χ2v) is 5.86. The number of rotatable bonds is 6. The molecule has 1 aromatic carbocycles. The summed E-state index contributed by atoms with van der Waals surface area (Å²) in [5.74, 6) is -0.355. The Morgan fingerprint density at radius 2 is 1.91 bits per heavy atom. The molecule has 1 aromatic heterocycles. The van der Waals surface area contributed by atoms with Crippen molar-refractivity contribution in [2.75, 3.05) is 6.54 Å². The van der Waals surface area contributed by atoms with Crippen LogP contribution in [0, 0.1) is 0 Å². The van der Waals surface area contributed by atoms with E-state index in [1.165, 1.54) is 0 Å². The van der Waals surface area contributed by atoms with Gasteiger partial charge in [0.1, 0.15) is 0 Å². The first-order chi connectivity index (χ1) is 10.6. The molecule has 0 radical (unpaired) electrons. The third-order valence-corrected chi connectivity index (χ3v) is 4.00. The van der Waals surface area contributed by atoms with Crippen molar-refractivity contribution in [3.05, 3.63) is 58.3 Å². The second-order valence-electron chi connectivity index (χ2n) is 4.82. The van der Waals surface area contributed by atoms with Crippen molar-refractivity contribution in [3.8, 4) is 0 Å². The van der Waals surface area contributed by atoms with Crippen molar-refractivity contribution in [1.82, 2.24) is 16.0 Å². The Morgan fingerprint density at radius 3 is 2.59 bits per heavy atom. The minimum atomic E-state index is -0.479. The van der Waals surface area contributed by atoms with Gasteiger partial charge in [0.25, 0.3) is 0 Å². The van der Waals surface area contributed by atoms with E-state index in [0.717, 1.165) is 10.4 Å². The molecule has 0 aliphatic rings. The molecule has 1 heterocycles. The molecule has 5 nitrogen and oxygen atoms in total. The predicted molar refractivity (Wildman–Crippen MR) is 87.6 cm³/mol. The maximum atomic E-state index is 11.7.